The summed E-state index contributed by atoms with van der Waals surface area (Å²) in [5.74, 6) is -3.30. The van der Waals surface area contributed by atoms with Gasteiger partial charge < -0.3 is 9.84 Å². The predicted octanol–water partition coefficient (Wildman–Crippen LogP) is 3.50. The van der Waals surface area contributed by atoms with Crippen LogP contribution >= 0.6 is 11.6 Å². The van der Waals surface area contributed by atoms with Crippen molar-refractivity contribution in [2.75, 3.05) is 0 Å². The number of carbonyl (C=O) groups is 1. The first-order valence-electron chi connectivity index (χ1n) is 4.99. The molecule has 0 saturated carbocycles. The number of aromatic carboxylic acids is 1. The Bertz CT molecular complexity index is 649. The molecule has 1 aromatic heterocycles. The standard InChI is InChI=1S/C12H6ClF2NO3/c13-8-3-6(12(17)18)5-16-11(8)19-10-2-1-7(14)4-9(10)15/h1-5H,(H,17,18). The monoisotopic (exact) mass is 285 g/mol. The summed E-state index contributed by atoms with van der Waals surface area (Å²) in [5, 5.41) is 8.63. The van der Waals surface area contributed by atoms with Crippen LogP contribution in [0, 0.1) is 11.6 Å². The Hall–Kier alpha value is -2.21. The summed E-state index contributed by atoms with van der Waals surface area (Å²) in [6.07, 6.45) is 1.02. The molecule has 1 heterocycles. The first-order valence-corrected chi connectivity index (χ1v) is 5.37. The average Bonchev–Trinajstić information content (AvgIpc) is 2.34. The highest BCUT2D eigenvalue weighted by molar-refractivity contribution is 6.32. The van der Waals surface area contributed by atoms with E-state index in [1.807, 2.05) is 0 Å². The van der Waals surface area contributed by atoms with Crippen LogP contribution in [0.3, 0.4) is 0 Å². The van der Waals surface area contributed by atoms with Crippen molar-refractivity contribution >= 4 is 17.6 Å². The lowest BCUT2D eigenvalue weighted by molar-refractivity contribution is 0.0696. The van der Waals surface area contributed by atoms with Gasteiger partial charge in [-0.15, -0.1) is 0 Å². The number of ether oxygens (including phenoxy) is 1. The highest BCUT2D eigenvalue weighted by atomic mass is 35.5. The van der Waals surface area contributed by atoms with Crippen molar-refractivity contribution in [1.29, 1.82) is 0 Å². The summed E-state index contributed by atoms with van der Waals surface area (Å²) in [7, 11) is 0. The number of nitrogens with zero attached hydrogens (tertiary/aromatic N) is 1. The fraction of sp³-hybridized carbons (Fsp3) is 0. The molecule has 0 aliphatic rings. The smallest absolute Gasteiger partial charge is 0.337 e. The van der Waals surface area contributed by atoms with Gasteiger partial charge in [-0.25, -0.2) is 18.6 Å². The van der Waals surface area contributed by atoms with Gasteiger partial charge in [-0.2, -0.15) is 0 Å². The SMILES string of the molecule is O=C(O)c1cnc(Oc2ccc(F)cc2F)c(Cl)c1. The average molecular weight is 286 g/mol. The normalized spacial score (nSPS) is 10.3. The lowest BCUT2D eigenvalue weighted by atomic mass is 10.3. The third-order valence-corrected chi connectivity index (χ3v) is 2.43. The minimum atomic E-state index is -1.20. The molecule has 0 saturated heterocycles. The van der Waals surface area contributed by atoms with Gasteiger partial charge in [0.25, 0.3) is 0 Å². The number of benzene rings is 1. The molecule has 0 atom stereocenters. The molecule has 7 heteroatoms. The maximum Gasteiger partial charge on any atom is 0.337 e. The molecule has 1 N–H and O–H groups in total. The second kappa shape index (κ2) is 5.19. The number of hydrogen-bond donors (Lipinski definition) is 1. The van der Waals surface area contributed by atoms with Gasteiger partial charge in [0.1, 0.15) is 10.8 Å². The van der Waals surface area contributed by atoms with Gasteiger partial charge in [-0.3, -0.25) is 0 Å². The molecule has 0 aliphatic heterocycles. The van der Waals surface area contributed by atoms with Crippen LogP contribution < -0.4 is 4.74 Å². The summed E-state index contributed by atoms with van der Waals surface area (Å²) in [5.41, 5.74) is -0.128. The summed E-state index contributed by atoms with van der Waals surface area (Å²) < 4.78 is 31.1. The molecule has 98 valence electrons. The molecule has 0 amide bonds. The Morgan fingerprint density at radius 3 is 2.63 bits per heavy atom. The van der Waals surface area contributed by atoms with Crippen molar-refractivity contribution < 1.29 is 23.4 Å². The highest BCUT2D eigenvalue weighted by Crippen LogP contribution is 2.29. The molecule has 2 aromatic rings. The fourth-order valence-corrected chi connectivity index (χ4v) is 1.48. The minimum absolute atomic E-state index is 0.0939. The number of carboxylic acid groups (broad SMARTS) is 1. The van der Waals surface area contributed by atoms with Crippen LogP contribution in [0.4, 0.5) is 8.78 Å². The van der Waals surface area contributed by atoms with Gasteiger partial charge >= 0.3 is 5.97 Å². The van der Waals surface area contributed by atoms with Crippen molar-refractivity contribution in [2.45, 2.75) is 0 Å². The minimum Gasteiger partial charge on any atom is -0.478 e. The second-order valence-corrected chi connectivity index (χ2v) is 3.90. The van der Waals surface area contributed by atoms with E-state index in [0.29, 0.717) is 6.07 Å². The van der Waals surface area contributed by atoms with E-state index in [0.717, 1.165) is 24.4 Å². The van der Waals surface area contributed by atoms with Gasteiger partial charge in [0, 0.05) is 12.3 Å². The van der Waals surface area contributed by atoms with Crippen LogP contribution in [-0.4, -0.2) is 16.1 Å². The maximum absolute atomic E-state index is 13.3. The molecule has 0 fully saturated rings. The van der Waals surface area contributed by atoms with E-state index in [4.69, 9.17) is 21.4 Å². The van der Waals surface area contributed by atoms with Crippen molar-refractivity contribution in [3.63, 3.8) is 0 Å². The molecule has 0 bridgehead atoms. The van der Waals surface area contributed by atoms with Crippen LogP contribution in [0.25, 0.3) is 0 Å². The van der Waals surface area contributed by atoms with E-state index in [-0.39, 0.29) is 22.2 Å². The summed E-state index contributed by atoms with van der Waals surface area (Å²) in [4.78, 5) is 14.3. The highest BCUT2D eigenvalue weighted by Gasteiger charge is 2.12. The molecule has 2 rings (SSSR count). The first kappa shape index (κ1) is 13.2. The number of hydrogen-bond acceptors (Lipinski definition) is 3. The summed E-state index contributed by atoms with van der Waals surface area (Å²) in [6.45, 7) is 0. The van der Waals surface area contributed by atoms with Crippen molar-refractivity contribution in [3.05, 3.63) is 52.7 Å². The predicted molar refractivity (Wildman–Crippen MR) is 62.6 cm³/mol. The molecule has 0 radical (unpaired) electrons. The van der Waals surface area contributed by atoms with Crippen molar-refractivity contribution in [1.82, 2.24) is 4.98 Å². The molecule has 0 aliphatic carbocycles. The Balaban J connectivity index is 2.31. The van der Waals surface area contributed by atoms with Gasteiger partial charge in [-0.05, 0) is 18.2 Å². The number of pyridine rings is 1. The van der Waals surface area contributed by atoms with Crippen LogP contribution in [0.15, 0.2) is 30.5 Å². The van der Waals surface area contributed by atoms with Crippen molar-refractivity contribution in [3.8, 4) is 11.6 Å². The molecule has 0 spiro atoms. The van der Waals surface area contributed by atoms with Gasteiger partial charge in [-0.1, -0.05) is 11.6 Å². The van der Waals surface area contributed by atoms with Crippen LogP contribution in [-0.2, 0) is 0 Å². The van der Waals surface area contributed by atoms with Gasteiger partial charge in [0.05, 0.1) is 5.56 Å². The number of rotatable bonds is 3. The third-order valence-electron chi connectivity index (χ3n) is 2.15. The zero-order valence-electron chi connectivity index (χ0n) is 9.23. The number of halogens is 3. The van der Waals surface area contributed by atoms with Crippen LogP contribution in [0.5, 0.6) is 11.6 Å². The Labute approximate surface area is 111 Å². The zero-order chi connectivity index (χ0) is 14.0. The van der Waals surface area contributed by atoms with Gasteiger partial charge in [0.2, 0.25) is 5.88 Å². The number of carboxylic acids is 1. The molecule has 1 aromatic carbocycles. The zero-order valence-corrected chi connectivity index (χ0v) is 9.99. The van der Waals surface area contributed by atoms with Gasteiger partial charge in [0.15, 0.2) is 11.6 Å². The van der Waals surface area contributed by atoms with Crippen molar-refractivity contribution in [2.24, 2.45) is 0 Å². The maximum atomic E-state index is 13.3. The molecular weight excluding hydrogens is 280 g/mol. The first-order chi connectivity index (χ1) is 8.97. The fourth-order valence-electron chi connectivity index (χ4n) is 1.28. The van der Waals surface area contributed by atoms with E-state index in [1.54, 1.807) is 0 Å². The summed E-state index contributed by atoms with van der Waals surface area (Å²) in [6, 6.07) is 3.86. The second-order valence-electron chi connectivity index (χ2n) is 3.49. The van der Waals surface area contributed by atoms with Crippen LogP contribution in [0.2, 0.25) is 5.02 Å². The third kappa shape index (κ3) is 2.97. The largest absolute Gasteiger partial charge is 0.478 e. The van der Waals surface area contributed by atoms with Crippen LogP contribution in [0.1, 0.15) is 10.4 Å². The Kier molecular flexibility index (Phi) is 3.62. The van der Waals surface area contributed by atoms with E-state index in [9.17, 15) is 13.6 Å². The Morgan fingerprint density at radius 1 is 1.32 bits per heavy atom. The molecule has 0 unspecified atom stereocenters. The lowest BCUT2D eigenvalue weighted by Gasteiger charge is -2.07. The quantitative estimate of drug-likeness (QED) is 0.937. The lowest BCUT2D eigenvalue weighted by Crippen LogP contribution is -1.99. The van der Waals surface area contributed by atoms with E-state index in [2.05, 4.69) is 4.98 Å². The topological polar surface area (TPSA) is 59.4 Å². The van der Waals surface area contributed by atoms with E-state index >= 15 is 0 Å². The molecular formula is C12H6ClF2NO3. The number of aromatic nitrogens is 1. The molecule has 19 heavy (non-hydrogen) atoms. The van der Waals surface area contributed by atoms with E-state index < -0.39 is 17.6 Å². The Morgan fingerprint density at radius 2 is 2.05 bits per heavy atom. The van der Waals surface area contributed by atoms with E-state index in [1.165, 1.54) is 0 Å². The summed E-state index contributed by atoms with van der Waals surface area (Å²) >= 11 is 5.76. The molecule has 4 nitrogen and oxygen atoms in total.